The number of ketones is 1. The smallest absolute Gasteiger partial charge is 0.155 e. The number of hydrogen-bond donors (Lipinski definition) is 1. The fourth-order valence-electron chi connectivity index (χ4n) is 5.06. The monoisotopic (exact) mass is 669 g/mol. The van der Waals surface area contributed by atoms with E-state index in [1.165, 1.54) is 58.5 Å². The van der Waals surface area contributed by atoms with E-state index in [1.54, 1.807) is 0 Å². The van der Waals surface area contributed by atoms with E-state index in [9.17, 15) is 4.79 Å². The van der Waals surface area contributed by atoms with Crippen LogP contribution in [0.4, 0.5) is 0 Å². The molecule has 0 atom stereocenters. The van der Waals surface area contributed by atoms with Gasteiger partial charge in [0.1, 0.15) is 0 Å². The second-order valence-corrected chi connectivity index (χ2v) is 11.1. The van der Waals surface area contributed by atoms with Gasteiger partial charge >= 0.3 is 0 Å². The Labute approximate surface area is 234 Å². The maximum absolute atomic E-state index is 10.0. The fourth-order valence-corrected chi connectivity index (χ4v) is 5.06. The van der Waals surface area contributed by atoms with Crippen molar-refractivity contribution in [1.82, 2.24) is 4.98 Å². The molecule has 0 unspecified atom stereocenters. The minimum Gasteiger partial charge on any atom is -0.512 e. The largest absolute Gasteiger partial charge is 0.512 e. The molecular formula is C33H34IrNO2-. The van der Waals surface area contributed by atoms with Gasteiger partial charge in [-0.2, -0.15) is 0 Å². The van der Waals surface area contributed by atoms with Crippen LogP contribution in [0.25, 0.3) is 33.2 Å². The second-order valence-electron chi connectivity index (χ2n) is 11.1. The Bertz CT molecular complexity index is 1470. The average Bonchev–Trinajstić information content (AvgIpc) is 3.05. The topological polar surface area (TPSA) is 50.2 Å². The van der Waals surface area contributed by atoms with Gasteiger partial charge in [-0.25, -0.2) is 0 Å². The first-order chi connectivity index (χ1) is 16.9. The zero-order valence-electron chi connectivity index (χ0n) is 22.6. The minimum atomic E-state index is -0.125. The van der Waals surface area contributed by atoms with Crippen molar-refractivity contribution in [3.8, 4) is 22.4 Å². The van der Waals surface area contributed by atoms with Crippen LogP contribution in [0.1, 0.15) is 65.2 Å². The molecule has 0 saturated carbocycles. The second kappa shape index (κ2) is 10.7. The Kier molecular flexibility index (Phi) is 8.27. The molecule has 1 heterocycles. The van der Waals surface area contributed by atoms with E-state index in [1.807, 2.05) is 6.20 Å². The number of aliphatic hydroxyl groups is 1. The molecule has 4 heteroatoms. The maximum atomic E-state index is 10.0. The van der Waals surface area contributed by atoms with Gasteiger partial charge in [-0.1, -0.05) is 71.0 Å². The predicted molar refractivity (Wildman–Crippen MR) is 149 cm³/mol. The zero-order chi connectivity index (χ0) is 26.3. The third kappa shape index (κ3) is 5.61. The Balaban J connectivity index is 0.000000422. The van der Waals surface area contributed by atoms with Crippen LogP contribution in [-0.4, -0.2) is 15.9 Å². The quantitative estimate of drug-likeness (QED) is 0.133. The summed E-state index contributed by atoms with van der Waals surface area (Å²) in [4.78, 5) is 14.9. The third-order valence-electron chi connectivity index (χ3n) is 6.79. The normalized spacial score (nSPS) is 13.6. The molecule has 0 bridgehead atoms. The van der Waals surface area contributed by atoms with Crippen LogP contribution in [0.5, 0.6) is 0 Å². The van der Waals surface area contributed by atoms with E-state index in [-0.39, 0.29) is 42.5 Å². The first-order valence-corrected chi connectivity index (χ1v) is 12.3. The van der Waals surface area contributed by atoms with Gasteiger partial charge in [0.2, 0.25) is 0 Å². The number of rotatable bonds is 2. The number of aromatic nitrogens is 1. The van der Waals surface area contributed by atoms with Gasteiger partial charge in [-0.15, -0.1) is 35.4 Å². The first kappa shape index (κ1) is 28.5. The van der Waals surface area contributed by atoms with Crippen molar-refractivity contribution >= 4 is 16.6 Å². The molecule has 3 aromatic carbocycles. The number of benzene rings is 3. The number of fused-ring (bicyclic) bond motifs is 5. The molecule has 193 valence electrons. The molecule has 37 heavy (non-hydrogen) atoms. The first-order valence-electron chi connectivity index (χ1n) is 12.3. The molecule has 0 saturated heterocycles. The van der Waals surface area contributed by atoms with E-state index >= 15 is 0 Å². The van der Waals surface area contributed by atoms with Crippen LogP contribution in [-0.2, 0) is 35.7 Å². The van der Waals surface area contributed by atoms with Crippen LogP contribution in [0, 0.1) is 6.07 Å². The summed E-state index contributed by atoms with van der Waals surface area (Å²) in [6.07, 6.45) is 3.12. The Morgan fingerprint density at radius 1 is 1.00 bits per heavy atom. The zero-order valence-corrected chi connectivity index (χ0v) is 25.0. The van der Waals surface area contributed by atoms with Crippen molar-refractivity contribution in [3.63, 3.8) is 0 Å². The van der Waals surface area contributed by atoms with Crippen molar-refractivity contribution in [2.75, 3.05) is 0 Å². The predicted octanol–water partition coefficient (Wildman–Crippen LogP) is 8.34. The van der Waals surface area contributed by atoms with E-state index in [4.69, 9.17) is 10.1 Å². The summed E-state index contributed by atoms with van der Waals surface area (Å²) in [5, 5.41) is 11.0. The summed E-state index contributed by atoms with van der Waals surface area (Å²) in [5.74, 6) is -0.0625. The summed E-state index contributed by atoms with van der Waals surface area (Å²) in [5.41, 5.74) is 8.79. The molecule has 1 radical (unpaired) electrons. The average molecular weight is 669 g/mol. The van der Waals surface area contributed by atoms with Gasteiger partial charge in [0.15, 0.2) is 5.78 Å². The van der Waals surface area contributed by atoms with Crippen molar-refractivity contribution in [1.29, 1.82) is 0 Å². The fraction of sp³-hybridized carbons (Fsp3) is 0.273. The van der Waals surface area contributed by atoms with E-state index < -0.39 is 0 Å². The Morgan fingerprint density at radius 3 is 2.27 bits per heavy atom. The van der Waals surface area contributed by atoms with E-state index in [2.05, 4.69) is 101 Å². The minimum absolute atomic E-state index is 0. The van der Waals surface area contributed by atoms with Gasteiger partial charge in [0.05, 0.1) is 5.76 Å². The SMILES string of the molecule is CC(=O)/C=C(/C)O.CC(C)(C)c1c[c-]c(-c2nccc3c2C(C)(C)c2ccc4ccccc4c2-3)cc1.[Ir]. The van der Waals surface area contributed by atoms with Crippen molar-refractivity contribution in [2.24, 2.45) is 0 Å². The molecule has 1 aromatic heterocycles. The van der Waals surface area contributed by atoms with Crippen molar-refractivity contribution in [3.05, 3.63) is 101 Å². The summed E-state index contributed by atoms with van der Waals surface area (Å²) in [6, 6.07) is 25.5. The Morgan fingerprint density at radius 2 is 1.70 bits per heavy atom. The van der Waals surface area contributed by atoms with Crippen molar-refractivity contribution in [2.45, 2.75) is 59.3 Å². The van der Waals surface area contributed by atoms with Gasteiger partial charge in [0.25, 0.3) is 0 Å². The molecule has 3 nitrogen and oxygen atoms in total. The van der Waals surface area contributed by atoms with Crippen LogP contribution in [0.2, 0.25) is 0 Å². The summed E-state index contributed by atoms with van der Waals surface area (Å²) >= 11 is 0. The van der Waals surface area contributed by atoms with E-state index in [0.717, 1.165) is 11.3 Å². The number of carbonyl (C=O) groups excluding carboxylic acids is 1. The maximum Gasteiger partial charge on any atom is 0.155 e. The molecule has 4 aromatic rings. The molecule has 0 spiro atoms. The van der Waals surface area contributed by atoms with Gasteiger partial charge in [0, 0.05) is 37.8 Å². The molecule has 1 aliphatic carbocycles. The molecule has 0 amide bonds. The number of allylic oxidation sites excluding steroid dienone is 2. The van der Waals surface area contributed by atoms with Gasteiger partial charge < -0.3 is 10.1 Å². The van der Waals surface area contributed by atoms with Crippen LogP contribution < -0.4 is 0 Å². The van der Waals surface area contributed by atoms with Crippen LogP contribution in [0.15, 0.2) is 78.7 Å². The molecule has 1 aliphatic rings. The number of carbonyl (C=O) groups is 1. The van der Waals surface area contributed by atoms with Crippen molar-refractivity contribution < 1.29 is 30.0 Å². The molecule has 1 N–H and O–H groups in total. The number of nitrogens with zero attached hydrogens (tertiary/aromatic N) is 1. The summed E-state index contributed by atoms with van der Waals surface area (Å²) in [7, 11) is 0. The van der Waals surface area contributed by atoms with E-state index in [0.29, 0.717) is 0 Å². The van der Waals surface area contributed by atoms with Gasteiger partial charge in [-0.05, 0) is 64.0 Å². The molecular weight excluding hydrogens is 635 g/mol. The molecule has 0 fully saturated rings. The van der Waals surface area contributed by atoms with Gasteiger partial charge in [-0.3, -0.25) is 4.79 Å². The molecule has 0 aliphatic heterocycles. The third-order valence-corrected chi connectivity index (χ3v) is 6.79. The number of hydrogen-bond acceptors (Lipinski definition) is 3. The van der Waals surface area contributed by atoms with Crippen LogP contribution >= 0.6 is 0 Å². The summed E-state index contributed by atoms with van der Waals surface area (Å²) < 4.78 is 0. The molecule has 5 rings (SSSR count). The number of pyridine rings is 1. The summed E-state index contributed by atoms with van der Waals surface area (Å²) in [6.45, 7) is 14.2. The Hall–Kier alpha value is -3.07. The van der Waals surface area contributed by atoms with Crippen LogP contribution in [0.3, 0.4) is 0 Å². The number of aliphatic hydroxyl groups excluding tert-OH is 1. The standard InChI is InChI=1S/C28H26N.C5H8O2.Ir/c1-27(2,3)20-13-10-19(11-14-20)26-25-22(16-17-29-26)24-21-9-7-6-8-18(21)12-15-23(24)28(25,4)5;1-4(6)3-5(2)7;/h6-10,12-17H,1-5H3;3,6H,1-2H3;/q-1;;/b;4-3-;.